The van der Waals surface area contributed by atoms with Crippen LogP contribution in [0.5, 0.6) is 17.2 Å². The third-order valence-corrected chi connectivity index (χ3v) is 7.04. The van der Waals surface area contributed by atoms with Crippen LogP contribution in [0.15, 0.2) is 52.7 Å². The second-order valence-corrected chi connectivity index (χ2v) is 10.9. The van der Waals surface area contributed by atoms with Crippen molar-refractivity contribution in [2.24, 2.45) is 0 Å². The number of rotatable bonds is 14. The van der Waals surface area contributed by atoms with Crippen molar-refractivity contribution in [1.82, 2.24) is 4.98 Å². The van der Waals surface area contributed by atoms with Crippen LogP contribution in [-0.2, 0) is 30.2 Å². The van der Waals surface area contributed by atoms with Crippen molar-refractivity contribution in [1.29, 1.82) is 0 Å². The smallest absolute Gasteiger partial charge is 0.257 e. The van der Waals surface area contributed by atoms with Gasteiger partial charge < -0.3 is 23.3 Å². The minimum Gasteiger partial charge on any atom is -0.491 e. The van der Waals surface area contributed by atoms with E-state index in [0.717, 1.165) is 6.26 Å². The molecule has 0 spiro atoms. The van der Waals surface area contributed by atoms with E-state index in [2.05, 4.69) is 10.3 Å². The van der Waals surface area contributed by atoms with Gasteiger partial charge >= 0.3 is 0 Å². The van der Waals surface area contributed by atoms with Crippen molar-refractivity contribution in [3.8, 4) is 17.2 Å². The Balaban J connectivity index is 1.74. The van der Waals surface area contributed by atoms with E-state index in [-0.39, 0.29) is 27.1 Å². The van der Waals surface area contributed by atoms with Gasteiger partial charge in [-0.3, -0.25) is 10.1 Å². The number of thiazole rings is 1. The minimum absolute atomic E-state index is 0.0682. The van der Waals surface area contributed by atoms with Crippen molar-refractivity contribution in [2.45, 2.75) is 18.4 Å². The number of anilines is 1. The fraction of sp³-hybridized carbons (Fsp3) is 0.304. The summed E-state index contributed by atoms with van der Waals surface area (Å²) in [5.74, 6) is 0.752. The highest BCUT2D eigenvalue weighted by molar-refractivity contribution is 7.90. The highest BCUT2D eigenvalue weighted by Gasteiger charge is 2.14. The summed E-state index contributed by atoms with van der Waals surface area (Å²) in [4.78, 5) is 17.5. The van der Waals surface area contributed by atoms with Crippen LogP contribution in [0.4, 0.5) is 5.13 Å². The van der Waals surface area contributed by atoms with Gasteiger partial charge in [0.25, 0.3) is 5.91 Å². The van der Waals surface area contributed by atoms with Crippen molar-refractivity contribution in [3.63, 3.8) is 0 Å². The van der Waals surface area contributed by atoms with Crippen molar-refractivity contribution in [2.75, 3.05) is 38.5 Å². The maximum atomic E-state index is 13.0. The number of carbonyl (C=O) groups excluding carboxylic acids is 1. The van der Waals surface area contributed by atoms with Crippen LogP contribution in [0.1, 0.15) is 23.0 Å². The molecule has 0 aliphatic heterocycles. The summed E-state index contributed by atoms with van der Waals surface area (Å²) < 4.78 is 50.5. The van der Waals surface area contributed by atoms with Crippen LogP contribution < -0.4 is 14.8 Å². The molecule has 1 aromatic heterocycles. The number of ether oxygens (including phenoxy) is 3. The Bertz CT molecular complexity index is 1250. The fourth-order valence-corrected chi connectivity index (χ4v) is 4.51. The fourth-order valence-electron chi connectivity index (χ4n) is 2.78. The van der Waals surface area contributed by atoms with Crippen LogP contribution in [0, 0.1) is 0 Å². The average molecular weight is 555 g/mol. The quantitative estimate of drug-likeness (QED) is 0.224. The number of carbonyl (C=O) groups is 1. The predicted octanol–water partition coefficient (Wildman–Crippen LogP) is 4.68. The number of sulfone groups is 1. The Labute approximate surface area is 215 Å². The zero-order valence-electron chi connectivity index (χ0n) is 20.0. The van der Waals surface area contributed by atoms with Gasteiger partial charge in [-0.05, 0) is 43.3 Å². The number of hydrogen-bond acceptors (Lipinski definition) is 10. The maximum absolute atomic E-state index is 13.0. The highest BCUT2D eigenvalue weighted by atomic mass is 32.2. The summed E-state index contributed by atoms with van der Waals surface area (Å²) in [6.07, 6.45) is 1.13. The first-order valence-corrected chi connectivity index (χ1v) is 14.4. The molecule has 1 N–H and O–H groups in total. The number of nitrogens with one attached hydrogen (secondary N) is 1. The molecule has 13 heteroatoms. The molecular formula is C23H27N2O8PS2. The number of methoxy groups -OCH3 is 1. The maximum Gasteiger partial charge on any atom is 0.257 e. The molecule has 0 aliphatic rings. The van der Waals surface area contributed by atoms with Gasteiger partial charge in [0.05, 0.1) is 30.4 Å². The molecule has 0 saturated heterocycles. The number of hydrogen-bond donors (Lipinski definition) is 1. The average Bonchev–Trinajstić information content (AvgIpc) is 3.29. The van der Waals surface area contributed by atoms with E-state index in [1.54, 1.807) is 42.8 Å². The minimum atomic E-state index is -3.33. The third-order valence-electron chi connectivity index (χ3n) is 4.44. The Hall–Kier alpha value is -2.60. The lowest BCUT2D eigenvalue weighted by Gasteiger charge is -2.12. The molecule has 2 aromatic carbocycles. The molecule has 0 aliphatic carbocycles. The van der Waals surface area contributed by atoms with E-state index < -0.39 is 15.7 Å². The van der Waals surface area contributed by atoms with Gasteiger partial charge in [0.15, 0.2) is 24.0 Å². The Morgan fingerprint density at radius 2 is 1.81 bits per heavy atom. The molecule has 0 saturated carbocycles. The lowest BCUT2D eigenvalue weighted by Crippen LogP contribution is -2.12. The van der Waals surface area contributed by atoms with Gasteiger partial charge in [0.2, 0.25) is 0 Å². The largest absolute Gasteiger partial charge is 0.491 e. The van der Waals surface area contributed by atoms with E-state index in [4.69, 9.17) is 23.3 Å². The summed E-state index contributed by atoms with van der Waals surface area (Å²) in [5.41, 5.74) is 0.971. The van der Waals surface area contributed by atoms with Crippen molar-refractivity contribution < 1.29 is 36.5 Å². The summed E-state index contributed by atoms with van der Waals surface area (Å²) in [7, 11) is -1.83. The SMILES string of the molecule is CCOPOCc1csc(NC(=O)c2cc(OCCOC)cc(Oc3ccc(S(C)(=O)=O)cc3)c2)n1. The zero-order chi connectivity index (χ0) is 26.0. The monoisotopic (exact) mass is 554 g/mol. The van der Waals surface area contributed by atoms with Gasteiger partial charge in [-0.2, -0.15) is 0 Å². The van der Waals surface area contributed by atoms with E-state index in [9.17, 15) is 13.2 Å². The Morgan fingerprint density at radius 1 is 1.06 bits per heavy atom. The van der Waals surface area contributed by atoms with Crippen LogP contribution >= 0.6 is 20.4 Å². The molecule has 10 nitrogen and oxygen atoms in total. The second-order valence-electron chi connectivity index (χ2n) is 7.28. The number of nitrogens with zero attached hydrogens (tertiary/aromatic N) is 1. The van der Waals surface area contributed by atoms with Crippen molar-refractivity contribution in [3.05, 3.63) is 59.1 Å². The van der Waals surface area contributed by atoms with Crippen LogP contribution in [-0.4, -0.2) is 52.5 Å². The summed E-state index contributed by atoms with van der Waals surface area (Å²) in [5, 5.41) is 4.99. The first kappa shape index (κ1) is 28.0. The summed E-state index contributed by atoms with van der Waals surface area (Å²) in [6.45, 7) is 3.39. The first-order valence-electron chi connectivity index (χ1n) is 10.8. The third kappa shape index (κ3) is 8.81. The first-order chi connectivity index (χ1) is 17.3. The topological polar surface area (TPSA) is 122 Å². The van der Waals surface area contributed by atoms with E-state index in [1.165, 1.54) is 23.5 Å². The van der Waals surface area contributed by atoms with E-state index in [0.29, 0.717) is 46.9 Å². The normalized spacial score (nSPS) is 11.6. The molecule has 1 amide bonds. The molecule has 1 heterocycles. The molecule has 0 bridgehead atoms. The van der Waals surface area contributed by atoms with Gasteiger partial charge in [0.1, 0.15) is 23.9 Å². The Morgan fingerprint density at radius 3 is 2.50 bits per heavy atom. The molecule has 194 valence electrons. The lowest BCUT2D eigenvalue weighted by atomic mass is 10.2. The van der Waals surface area contributed by atoms with E-state index in [1.807, 2.05) is 6.92 Å². The molecule has 0 fully saturated rings. The van der Waals surface area contributed by atoms with Crippen LogP contribution in [0.3, 0.4) is 0 Å². The predicted molar refractivity (Wildman–Crippen MR) is 138 cm³/mol. The molecular weight excluding hydrogens is 527 g/mol. The summed E-state index contributed by atoms with van der Waals surface area (Å²) in [6, 6.07) is 10.8. The number of aromatic nitrogens is 1. The molecule has 1 atom stereocenters. The molecule has 3 rings (SSSR count). The van der Waals surface area contributed by atoms with Gasteiger partial charge in [-0.25, -0.2) is 13.4 Å². The zero-order valence-corrected chi connectivity index (χ0v) is 22.6. The molecule has 1 unspecified atom stereocenters. The lowest BCUT2D eigenvalue weighted by molar-refractivity contribution is 0.102. The standard InChI is InChI=1S/C23H27N2O8PS2/c1-4-31-34-32-14-17-15-35-23(24-17)25-22(26)16-11-19(30-10-9-29-2)13-20(12-16)33-18-5-7-21(8-6-18)36(3,27)28/h5-8,11-13,15,34H,4,9-10,14H2,1-3H3,(H,24,25,26). The number of amides is 1. The molecule has 36 heavy (non-hydrogen) atoms. The van der Waals surface area contributed by atoms with Crippen molar-refractivity contribution >= 4 is 41.2 Å². The number of benzene rings is 2. The van der Waals surface area contributed by atoms with Crippen LogP contribution in [0.25, 0.3) is 0 Å². The molecule has 0 radical (unpaired) electrons. The van der Waals surface area contributed by atoms with Gasteiger partial charge in [-0.1, -0.05) is 0 Å². The van der Waals surface area contributed by atoms with Gasteiger partial charge in [0, 0.05) is 30.4 Å². The second kappa shape index (κ2) is 13.6. The Kier molecular flexibility index (Phi) is 10.6. The van der Waals surface area contributed by atoms with E-state index >= 15 is 0 Å². The summed E-state index contributed by atoms with van der Waals surface area (Å²) >= 11 is 1.28. The molecule has 3 aromatic rings. The highest BCUT2D eigenvalue weighted by Crippen LogP contribution is 2.29. The van der Waals surface area contributed by atoms with Crippen LogP contribution in [0.2, 0.25) is 0 Å². The van der Waals surface area contributed by atoms with Gasteiger partial charge in [-0.15, -0.1) is 11.3 Å².